The Labute approximate surface area is 294 Å². The molecular weight excluding hydrogens is 639 g/mol. The van der Waals surface area contributed by atoms with Crippen molar-refractivity contribution in [2.45, 2.75) is 103 Å². The molecule has 1 saturated carbocycles. The number of aromatic nitrogens is 3. The smallest absolute Gasteiger partial charge is 0.354 e. The van der Waals surface area contributed by atoms with Gasteiger partial charge in [-0.15, -0.1) is 0 Å². The second kappa shape index (κ2) is 16.3. The van der Waals surface area contributed by atoms with Gasteiger partial charge in [-0.1, -0.05) is 71.3 Å². The Balaban J connectivity index is 0.000000237. The summed E-state index contributed by atoms with van der Waals surface area (Å²) in [6.45, 7) is 14.6. The third-order valence-electron chi connectivity index (χ3n) is 8.98. The predicted molar refractivity (Wildman–Crippen MR) is 201 cm³/mol. The molecule has 2 heterocycles. The molecular formula is C38H54ClFN8O. The normalized spacial score (nSPS) is 16.7. The lowest BCUT2D eigenvalue weighted by atomic mass is 9.81. The number of aliphatic imine (C=N–C) groups is 1. The van der Waals surface area contributed by atoms with Crippen LogP contribution in [-0.2, 0) is 23.8 Å². The number of hydrogen-bond acceptors (Lipinski definition) is 5. The van der Waals surface area contributed by atoms with Crippen LogP contribution in [0.3, 0.4) is 0 Å². The van der Waals surface area contributed by atoms with Crippen LogP contribution in [0, 0.1) is 11.7 Å². The molecule has 266 valence electrons. The first-order valence-corrected chi connectivity index (χ1v) is 17.6. The molecule has 5 rings (SSSR count). The van der Waals surface area contributed by atoms with Crippen molar-refractivity contribution < 1.29 is 4.39 Å². The lowest BCUT2D eigenvalue weighted by molar-refractivity contribution is 0.324. The van der Waals surface area contributed by atoms with Crippen molar-refractivity contribution in [3.8, 4) is 5.69 Å². The Bertz CT molecular complexity index is 1770. The molecule has 1 fully saturated rings. The van der Waals surface area contributed by atoms with Gasteiger partial charge in [0.1, 0.15) is 11.5 Å². The SMILES string of the molecule is CC(C)(C)c1cc(CC2CCC(N)CC2)cc(Cl)c1F.CC(C)(C)c1cc2cn(-c3ccc(CNCCCN=C(N)N)cc3)c(=O)nc2[nH]1. The van der Waals surface area contributed by atoms with Crippen LogP contribution in [0.1, 0.15) is 96.0 Å². The minimum atomic E-state index is -0.301. The van der Waals surface area contributed by atoms with Gasteiger partial charge >= 0.3 is 5.69 Å². The standard InChI is InChI=1S/C21H29N7O.C17H25ClFN/c1-21(2,3)17-11-15-13-28(20(29)27-18(15)26-17)16-7-5-14(6-8-16)12-24-9-4-10-25-19(22)23;1-17(2,3)14-9-12(10-15(18)16(14)19)8-11-4-6-13(20)7-5-11/h5-8,11,13,24H,4,9-10,12H2,1-3H3,(H4,22,23,25)(H,26,27,29);9-11,13H,4-8,20H2,1-3H3. The second-order valence-electron chi connectivity index (χ2n) is 15.3. The van der Waals surface area contributed by atoms with E-state index in [9.17, 15) is 9.18 Å². The van der Waals surface area contributed by atoms with Gasteiger partial charge in [0.2, 0.25) is 0 Å². The van der Waals surface area contributed by atoms with Crippen molar-refractivity contribution in [1.82, 2.24) is 19.9 Å². The van der Waals surface area contributed by atoms with E-state index in [-0.39, 0.29) is 33.3 Å². The van der Waals surface area contributed by atoms with E-state index in [1.54, 1.807) is 10.6 Å². The zero-order valence-electron chi connectivity index (χ0n) is 29.9. The summed E-state index contributed by atoms with van der Waals surface area (Å²) in [4.78, 5) is 23.9. The molecule has 8 N–H and O–H groups in total. The first-order valence-electron chi connectivity index (χ1n) is 17.2. The van der Waals surface area contributed by atoms with Gasteiger partial charge in [0, 0.05) is 41.8 Å². The second-order valence-corrected chi connectivity index (χ2v) is 15.7. The molecule has 9 nitrogen and oxygen atoms in total. The van der Waals surface area contributed by atoms with Crippen molar-refractivity contribution >= 4 is 28.6 Å². The number of guanidine groups is 1. The van der Waals surface area contributed by atoms with Gasteiger partial charge in [0.15, 0.2) is 5.96 Å². The molecule has 4 aromatic rings. The van der Waals surface area contributed by atoms with E-state index in [0.29, 0.717) is 29.7 Å². The maximum atomic E-state index is 14.2. The number of hydrogen-bond donors (Lipinski definition) is 5. The third kappa shape index (κ3) is 10.9. The minimum absolute atomic E-state index is 0.0352. The first-order chi connectivity index (χ1) is 23.0. The Morgan fingerprint density at radius 2 is 1.69 bits per heavy atom. The average Bonchev–Trinajstić information content (AvgIpc) is 3.45. The molecule has 2 aromatic carbocycles. The fraction of sp³-hybridized carbons (Fsp3) is 0.500. The van der Waals surface area contributed by atoms with Crippen LogP contribution in [0.25, 0.3) is 16.7 Å². The topological polar surface area (TPSA) is 153 Å². The van der Waals surface area contributed by atoms with Crippen LogP contribution < -0.4 is 28.2 Å². The average molecular weight is 693 g/mol. The summed E-state index contributed by atoms with van der Waals surface area (Å²) in [5.74, 6) is 0.510. The zero-order valence-corrected chi connectivity index (χ0v) is 30.6. The summed E-state index contributed by atoms with van der Waals surface area (Å²) in [7, 11) is 0. The number of nitrogens with zero attached hydrogens (tertiary/aromatic N) is 3. The maximum absolute atomic E-state index is 14.2. The Hall–Kier alpha value is -3.73. The molecule has 0 aliphatic heterocycles. The van der Waals surface area contributed by atoms with Gasteiger partial charge < -0.3 is 27.5 Å². The lowest BCUT2D eigenvalue weighted by Gasteiger charge is -2.27. The summed E-state index contributed by atoms with van der Waals surface area (Å²) < 4.78 is 15.7. The van der Waals surface area contributed by atoms with E-state index in [4.69, 9.17) is 28.8 Å². The highest BCUT2D eigenvalue weighted by atomic mass is 35.5. The van der Waals surface area contributed by atoms with Crippen LogP contribution in [-0.4, -0.2) is 39.6 Å². The maximum Gasteiger partial charge on any atom is 0.354 e. The molecule has 2 aromatic heterocycles. The van der Waals surface area contributed by atoms with E-state index in [2.05, 4.69) is 47.1 Å². The Morgan fingerprint density at radius 3 is 2.31 bits per heavy atom. The van der Waals surface area contributed by atoms with Crippen LogP contribution >= 0.6 is 11.6 Å². The highest BCUT2D eigenvalue weighted by Crippen LogP contribution is 2.33. The molecule has 0 radical (unpaired) electrons. The molecule has 11 heteroatoms. The number of nitrogens with two attached hydrogens (primary N) is 3. The van der Waals surface area contributed by atoms with Crippen molar-refractivity contribution in [3.63, 3.8) is 0 Å². The highest BCUT2D eigenvalue weighted by Gasteiger charge is 2.24. The zero-order chi connectivity index (χ0) is 35.9. The van der Waals surface area contributed by atoms with Crippen LogP contribution in [0.4, 0.5) is 4.39 Å². The number of aromatic amines is 1. The van der Waals surface area contributed by atoms with E-state index in [1.807, 2.05) is 57.3 Å². The molecule has 0 bridgehead atoms. The Morgan fingerprint density at radius 1 is 1.02 bits per heavy atom. The summed E-state index contributed by atoms with van der Waals surface area (Å²) >= 11 is 6.07. The number of benzene rings is 2. The van der Waals surface area contributed by atoms with E-state index in [0.717, 1.165) is 66.7 Å². The summed E-state index contributed by atoms with van der Waals surface area (Å²) in [6, 6.07) is 14.1. The summed E-state index contributed by atoms with van der Waals surface area (Å²) in [6.07, 6.45) is 8.23. The first kappa shape index (κ1) is 38.1. The number of halogens is 2. The van der Waals surface area contributed by atoms with Gasteiger partial charge in [0.25, 0.3) is 0 Å². The van der Waals surface area contributed by atoms with E-state index >= 15 is 0 Å². The fourth-order valence-electron chi connectivity index (χ4n) is 6.04. The molecule has 49 heavy (non-hydrogen) atoms. The van der Waals surface area contributed by atoms with Gasteiger partial charge in [-0.05, 0) is 97.4 Å². The van der Waals surface area contributed by atoms with Crippen molar-refractivity contribution in [2.75, 3.05) is 13.1 Å². The van der Waals surface area contributed by atoms with Gasteiger partial charge in [-0.2, -0.15) is 4.98 Å². The van der Waals surface area contributed by atoms with Crippen molar-refractivity contribution in [2.24, 2.45) is 28.1 Å². The molecule has 0 atom stereocenters. The minimum Gasteiger partial charge on any atom is -0.370 e. The van der Waals surface area contributed by atoms with E-state index < -0.39 is 0 Å². The van der Waals surface area contributed by atoms with Crippen molar-refractivity contribution in [3.05, 3.63) is 92.4 Å². The molecule has 1 aliphatic carbocycles. The largest absolute Gasteiger partial charge is 0.370 e. The number of H-pyrrole nitrogens is 1. The molecule has 1 aliphatic rings. The van der Waals surface area contributed by atoms with E-state index in [1.165, 1.54) is 12.8 Å². The van der Waals surface area contributed by atoms with Crippen molar-refractivity contribution in [1.29, 1.82) is 0 Å². The number of rotatable bonds is 9. The number of fused-ring (bicyclic) bond motifs is 1. The monoisotopic (exact) mass is 692 g/mol. The fourth-order valence-corrected chi connectivity index (χ4v) is 6.28. The quantitative estimate of drug-likeness (QED) is 0.0757. The highest BCUT2D eigenvalue weighted by molar-refractivity contribution is 6.30. The van der Waals surface area contributed by atoms with Crippen LogP contribution in [0.2, 0.25) is 5.02 Å². The summed E-state index contributed by atoms with van der Waals surface area (Å²) in [5.41, 5.74) is 21.5. The predicted octanol–water partition coefficient (Wildman–Crippen LogP) is 6.60. The number of nitrogens with one attached hydrogen (secondary N) is 2. The van der Waals surface area contributed by atoms with Gasteiger partial charge in [-0.3, -0.25) is 9.56 Å². The Kier molecular flexibility index (Phi) is 12.7. The van der Waals surface area contributed by atoms with Gasteiger partial charge in [0.05, 0.1) is 10.7 Å². The molecule has 0 spiro atoms. The van der Waals surface area contributed by atoms with Crippen LogP contribution in [0.5, 0.6) is 0 Å². The van der Waals surface area contributed by atoms with Crippen LogP contribution in [0.15, 0.2) is 58.4 Å². The lowest BCUT2D eigenvalue weighted by Crippen LogP contribution is -2.27. The van der Waals surface area contributed by atoms with Gasteiger partial charge in [-0.25, -0.2) is 9.18 Å². The molecule has 0 unspecified atom stereocenters. The molecule has 0 amide bonds. The molecule has 0 saturated heterocycles. The summed E-state index contributed by atoms with van der Waals surface area (Å²) in [5, 5.41) is 4.52. The third-order valence-corrected chi connectivity index (χ3v) is 9.25.